The van der Waals surface area contributed by atoms with Gasteiger partial charge in [0.2, 0.25) is 0 Å². The third-order valence-electron chi connectivity index (χ3n) is 2.73. The Hall–Kier alpha value is -2.48. The number of nitrogens with zero attached hydrogens (tertiary/aromatic N) is 2. The predicted molar refractivity (Wildman–Crippen MR) is 76.9 cm³/mol. The molecule has 1 aromatic carbocycles. The molecule has 1 amide bonds. The van der Waals surface area contributed by atoms with E-state index in [1.165, 1.54) is 12.1 Å². The number of hydrogen-bond donors (Lipinski definition) is 3. The highest BCUT2D eigenvalue weighted by Crippen LogP contribution is 2.23. The van der Waals surface area contributed by atoms with Gasteiger partial charge in [0.1, 0.15) is 10.6 Å². The van der Waals surface area contributed by atoms with Crippen LogP contribution in [0.15, 0.2) is 18.2 Å². The maximum atomic E-state index is 12.2. The number of carbonyl (C=O) groups is 2. The smallest absolute Gasteiger partial charge is 0.337 e. The number of carboxylic acids is 1. The number of aromatic nitrogens is 2. The number of benzene rings is 1. The summed E-state index contributed by atoms with van der Waals surface area (Å²) in [4.78, 5) is 23.7. The van der Waals surface area contributed by atoms with Crippen molar-refractivity contribution in [3.63, 3.8) is 0 Å². The van der Waals surface area contributed by atoms with Crippen LogP contribution in [-0.2, 0) is 6.42 Å². The van der Waals surface area contributed by atoms with E-state index in [1.807, 2.05) is 6.92 Å². The molecule has 0 aliphatic rings. The first-order valence-electron chi connectivity index (χ1n) is 6.21. The zero-order valence-electron chi connectivity index (χ0n) is 11.2. The standard InChI is InChI=1S/C13H13N3O4S/c1-2-3-10-11(21-16-15-10)12(18)14-9-5-4-7(17)6-8(9)13(19)20/h4-6,17H,2-3H2,1H3,(H,14,18)(H,19,20). The van der Waals surface area contributed by atoms with E-state index >= 15 is 0 Å². The average molecular weight is 307 g/mol. The van der Waals surface area contributed by atoms with E-state index in [2.05, 4.69) is 14.9 Å². The largest absolute Gasteiger partial charge is 0.508 e. The van der Waals surface area contributed by atoms with Crippen molar-refractivity contribution in [2.45, 2.75) is 19.8 Å². The number of amides is 1. The summed E-state index contributed by atoms with van der Waals surface area (Å²) in [7, 11) is 0. The summed E-state index contributed by atoms with van der Waals surface area (Å²) in [6, 6.07) is 3.72. The molecule has 0 spiro atoms. The van der Waals surface area contributed by atoms with Gasteiger partial charge in [-0.15, -0.1) is 5.10 Å². The minimum absolute atomic E-state index is 0.112. The molecule has 0 radical (unpaired) electrons. The van der Waals surface area contributed by atoms with Crippen molar-refractivity contribution in [3.05, 3.63) is 34.3 Å². The van der Waals surface area contributed by atoms with E-state index < -0.39 is 11.9 Å². The summed E-state index contributed by atoms with van der Waals surface area (Å²) in [5, 5.41) is 24.8. The molecule has 7 nitrogen and oxygen atoms in total. The van der Waals surface area contributed by atoms with E-state index in [9.17, 15) is 14.7 Å². The van der Waals surface area contributed by atoms with Gasteiger partial charge in [0.05, 0.1) is 16.9 Å². The molecule has 8 heteroatoms. The second-order valence-corrected chi connectivity index (χ2v) is 5.04. The lowest BCUT2D eigenvalue weighted by Gasteiger charge is -2.08. The molecule has 0 fully saturated rings. The van der Waals surface area contributed by atoms with Gasteiger partial charge >= 0.3 is 5.97 Å². The van der Waals surface area contributed by atoms with Crippen molar-refractivity contribution in [2.24, 2.45) is 0 Å². The summed E-state index contributed by atoms with van der Waals surface area (Å²) in [5.74, 6) is -1.88. The minimum Gasteiger partial charge on any atom is -0.508 e. The van der Waals surface area contributed by atoms with Crippen LogP contribution in [-0.4, -0.2) is 31.7 Å². The van der Waals surface area contributed by atoms with Crippen molar-refractivity contribution >= 4 is 29.1 Å². The number of aromatic carboxylic acids is 1. The molecular weight excluding hydrogens is 294 g/mol. The number of phenols is 1. The highest BCUT2D eigenvalue weighted by atomic mass is 32.1. The molecule has 2 aromatic rings. The van der Waals surface area contributed by atoms with Crippen LogP contribution in [0.25, 0.3) is 0 Å². The molecule has 3 N–H and O–H groups in total. The molecule has 1 aromatic heterocycles. The van der Waals surface area contributed by atoms with Gasteiger partial charge in [-0.25, -0.2) is 4.79 Å². The van der Waals surface area contributed by atoms with Gasteiger partial charge in [0, 0.05) is 0 Å². The van der Waals surface area contributed by atoms with Crippen LogP contribution in [0.1, 0.15) is 39.1 Å². The molecule has 0 saturated carbocycles. The van der Waals surface area contributed by atoms with E-state index in [-0.39, 0.29) is 17.0 Å². The van der Waals surface area contributed by atoms with Crippen molar-refractivity contribution in [3.8, 4) is 5.75 Å². The lowest BCUT2D eigenvalue weighted by atomic mass is 10.1. The third kappa shape index (κ3) is 3.34. The Morgan fingerprint density at radius 2 is 2.14 bits per heavy atom. The van der Waals surface area contributed by atoms with Gasteiger partial charge < -0.3 is 15.5 Å². The Morgan fingerprint density at radius 1 is 1.38 bits per heavy atom. The first kappa shape index (κ1) is 14.9. The van der Waals surface area contributed by atoms with Crippen LogP contribution in [0.5, 0.6) is 5.75 Å². The summed E-state index contributed by atoms with van der Waals surface area (Å²) in [6.45, 7) is 1.96. The number of hydrogen-bond acceptors (Lipinski definition) is 6. The van der Waals surface area contributed by atoms with E-state index in [0.29, 0.717) is 17.0 Å². The van der Waals surface area contributed by atoms with E-state index in [0.717, 1.165) is 24.0 Å². The number of carbonyl (C=O) groups excluding carboxylic acids is 1. The maximum absolute atomic E-state index is 12.2. The normalized spacial score (nSPS) is 10.3. The molecule has 21 heavy (non-hydrogen) atoms. The molecule has 0 atom stereocenters. The lowest BCUT2D eigenvalue weighted by molar-refractivity contribution is 0.0697. The molecular formula is C13H13N3O4S. The maximum Gasteiger partial charge on any atom is 0.337 e. The fourth-order valence-electron chi connectivity index (χ4n) is 1.78. The van der Waals surface area contributed by atoms with Crippen molar-refractivity contribution in [1.82, 2.24) is 9.59 Å². The minimum atomic E-state index is -1.24. The number of aromatic hydroxyl groups is 1. The van der Waals surface area contributed by atoms with Crippen LogP contribution < -0.4 is 5.32 Å². The fourth-order valence-corrected chi connectivity index (χ4v) is 2.38. The summed E-state index contributed by atoms with van der Waals surface area (Å²) in [5.41, 5.74) is 0.523. The number of nitrogens with one attached hydrogen (secondary N) is 1. The van der Waals surface area contributed by atoms with Gasteiger partial charge in [-0.1, -0.05) is 17.8 Å². The lowest BCUT2D eigenvalue weighted by Crippen LogP contribution is -2.15. The molecule has 110 valence electrons. The second kappa shape index (κ2) is 6.31. The summed E-state index contributed by atoms with van der Waals surface area (Å²) in [6.07, 6.45) is 1.45. The van der Waals surface area contributed by atoms with E-state index in [1.54, 1.807) is 0 Å². The topological polar surface area (TPSA) is 112 Å². The molecule has 0 unspecified atom stereocenters. The fraction of sp³-hybridized carbons (Fsp3) is 0.231. The van der Waals surface area contributed by atoms with E-state index in [4.69, 9.17) is 5.11 Å². The number of aryl methyl sites for hydroxylation is 1. The van der Waals surface area contributed by atoms with Gasteiger partial charge in [-0.3, -0.25) is 4.79 Å². The van der Waals surface area contributed by atoms with Crippen LogP contribution in [0, 0.1) is 0 Å². The van der Waals surface area contributed by atoms with Crippen molar-refractivity contribution < 1.29 is 19.8 Å². The first-order valence-corrected chi connectivity index (χ1v) is 6.99. The Labute approximate surface area is 124 Å². The summed E-state index contributed by atoms with van der Waals surface area (Å²) >= 11 is 0.964. The Kier molecular flexibility index (Phi) is 4.49. The number of phenolic OH excluding ortho intramolecular Hbond substituents is 1. The number of anilines is 1. The Balaban J connectivity index is 2.27. The number of rotatable bonds is 5. The molecule has 0 saturated heterocycles. The SMILES string of the molecule is CCCc1nnsc1C(=O)Nc1ccc(O)cc1C(=O)O. The van der Waals surface area contributed by atoms with Gasteiger partial charge in [-0.05, 0) is 36.2 Å². The molecule has 1 heterocycles. The average Bonchev–Trinajstić information content (AvgIpc) is 2.89. The van der Waals surface area contributed by atoms with Crippen molar-refractivity contribution in [2.75, 3.05) is 5.32 Å². The molecule has 2 rings (SSSR count). The first-order chi connectivity index (χ1) is 10.0. The zero-order valence-corrected chi connectivity index (χ0v) is 12.0. The molecule has 0 aliphatic carbocycles. The number of carboxylic acid groups (broad SMARTS) is 1. The Morgan fingerprint density at radius 3 is 2.81 bits per heavy atom. The quantitative estimate of drug-likeness (QED) is 0.730. The monoisotopic (exact) mass is 307 g/mol. The van der Waals surface area contributed by atoms with Gasteiger partial charge in [0.25, 0.3) is 5.91 Å². The van der Waals surface area contributed by atoms with Crippen LogP contribution in [0.3, 0.4) is 0 Å². The highest BCUT2D eigenvalue weighted by Gasteiger charge is 2.19. The van der Waals surface area contributed by atoms with Crippen LogP contribution >= 0.6 is 11.5 Å². The highest BCUT2D eigenvalue weighted by molar-refractivity contribution is 7.08. The van der Waals surface area contributed by atoms with Gasteiger partial charge in [-0.2, -0.15) is 0 Å². The van der Waals surface area contributed by atoms with Crippen LogP contribution in [0.4, 0.5) is 5.69 Å². The van der Waals surface area contributed by atoms with Gasteiger partial charge in [0.15, 0.2) is 0 Å². The molecule has 0 bridgehead atoms. The Bertz CT molecular complexity index is 684. The van der Waals surface area contributed by atoms with Crippen molar-refractivity contribution in [1.29, 1.82) is 0 Å². The van der Waals surface area contributed by atoms with Crippen LogP contribution in [0.2, 0.25) is 0 Å². The molecule has 0 aliphatic heterocycles. The second-order valence-electron chi connectivity index (χ2n) is 4.29. The third-order valence-corrected chi connectivity index (χ3v) is 3.50. The predicted octanol–water partition coefficient (Wildman–Crippen LogP) is 2.15. The summed E-state index contributed by atoms with van der Waals surface area (Å²) < 4.78 is 3.75. The zero-order chi connectivity index (χ0) is 15.4.